The molecule has 0 saturated carbocycles. The highest BCUT2D eigenvalue weighted by Gasteiger charge is 2.32. The van der Waals surface area contributed by atoms with E-state index in [1.54, 1.807) is 0 Å². The lowest BCUT2D eigenvalue weighted by atomic mass is 10.0. The predicted molar refractivity (Wildman–Crippen MR) is 92.6 cm³/mol. The molecule has 130 valence electrons. The van der Waals surface area contributed by atoms with Crippen LogP contribution in [0.5, 0.6) is 0 Å². The number of rotatable bonds is 7. The zero-order chi connectivity index (χ0) is 17.6. The standard InChI is InChI=1S/C17H20F3N3S/c1-2-15(23-24)11-21-9-12-4-3-5-13(8-12)14-6-7-16(22-10-14)17(18,19)20/h3-8,10,15,21,23-24H,2,9,11H2,1H3. The highest BCUT2D eigenvalue weighted by Crippen LogP contribution is 2.29. The molecule has 0 spiro atoms. The molecule has 7 heteroatoms. The molecule has 1 unspecified atom stereocenters. The highest BCUT2D eigenvalue weighted by molar-refractivity contribution is 7.78. The van der Waals surface area contributed by atoms with Crippen LogP contribution in [-0.2, 0) is 12.7 Å². The number of pyridine rings is 1. The first-order valence-electron chi connectivity index (χ1n) is 7.67. The van der Waals surface area contributed by atoms with E-state index in [1.807, 2.05) is 24.3 Å². The van der Waals surface area contributed by atoms with Gasteiger partial charge in [-0.25, -0.2) is 0 Å². The monoisotopic (exact) mass is 355 g/mol. The molecule has 0 bridgehead atoms. The number of hydrogen-bond acceptors (Lipinski definition) is 4. The maximum atomic E-state index is 12.6. The zero-order valence-corrected chi connectivity index (χ0v) is 14.2. The Kier molecular flexibility index (Phi) is 6.65. The maximum Gasteiger partial charge on any atom is 0.433 e. The van der Waals surface area contributed by atoms with Crippen molar-refractivity contribution in [2.75, 3.05) is 6.54 Å². The fourth-order valence-electron chi connectivity index (χ4n) is 2.27. The van der Waals surface area contributed by atoms with Gasteiger partial charge in [-0.15, -0.1) is 0 Å². The SMILES string of the molecule is CCC(CNCc1cccc(-c2ccc(C(F)(F)F)nc2)c1)NS. The fourth-order valence-corrected chi connectivity index (χ4v) is 2.54. The van der Waals surface area contributed by atoms with Gasteiger partial charge in [0.05, 0.1) is 0 Å². The van der Waals surface area contributed by atoms with E-state index in [1.165, 1.54) is 12.3 Å². The minimum absolute atomic E-state index is 0.288. The molecular formula is C17H20F3N3S. The lowest BCUT2D eigenvalue weighted by molar-refractivity contribution is -0.141. The van der Waals surface area contributed by atoms with E-state index >= 15 is 0 Å². The Morgan fingerprint density at radius 1 is 1.17 bits per heavy atom. The van der Waals surface area contributed by atoms with E-state index < -0.39 is 11.9 Å². The van der Waals surface area contributed by atoms with E-state index in [2.05, 4.69) is 34.8 Å². The molecule has 1 aromatic heterocycles. The second kappa shape index (κ2) is 8.50. The Morgan fingerprint density at radius 2 is 1.96 bits per heavy atom. The van der Waals surface area contributed by atoms with E-state index in [0.717, 1.165) is 30.2 Å². The molecule has 2 N–H and O–H groups in total. The van der Waals surface area contributed by atoms with Gasteiger partial charge in [-0.2, -0.15) is 13.2 Å². The van der Waals surface area contributed by atoms with Crippen LogP contribution in [0.15, 0.2) is 42.6 Å². The normalized spacial score (nSPS) is 13.0. The van der Waals surface area contributed by atoms with Crippen molar-refractivity contribution in [2.45, 2.75) is 32.1 Å². The number of aromatic nitrogens is 1. The van der Waals surface area contributed by atoms with Crippen molar-refractivity contribution < 1.29 is 13.2 Å². The summed E-state index contributed by atoms with van der Waals surface area (Å²) >= 11 is 4.07. The van der Waals surface area contributed by atoms with E-state index in [9.17, 15) is 13.2 Å². The maximum absolute atomic E-state index is 12.6. The van der Waals surface area contributed by atoms with Gasteiger partial charge in [-0.05, 0) is 29.7 Å². The number of nitrogens with zero attached hydrogens (tertiary/aromatic N) is 1. The molecule has 0 aliphatic rings. The summed E-state index contributed by atoms with van der Waals surface area (Å²) in [6, 6.07) is 10.4. The molecule has 24 heavy (non-hydrogen) atoms. The van der Waals surface area contributed by atoms with Crippen LogP contribution in [0.1, 0.15) is 24.6 Å². The highest BCUT2D eigenvalue weighted by atomic mass is 32.1. The van der Waals surface area contributed by atoms with Crippen LogP contribution in [0.3, 0.4) is 0 Å². The van der Waals surface area contributed by atoms with Gasteiger partial charge in [0.1, 0.15) is 5.69 Å². The average Bonchev–Trinajstić information content (AvgIpc) is 2.58. The van der Waals surface area contributed by atoms with Crippen molar-refractivity contribution in [2.24, 2.45) is 0 Å². The summed E-state index contributed by atoms with van der Waals surface area (Å²) in [4.78, 5) is 3.51. The summed E-state index contributed by atoms with van der Waals surface area (Å²) in [6.45, 7) is 3.54. The second-order valence-corrected chi connectivity index (χ2v) is 5.75. The van der Waals surface area contributed by atoms with Gasteiger partial charge in [0.15, 0.2) is 0 Å². The van der Waals surface area contributed by atoms with Crippen LogP contribution in [-0.4, -0.2) is 17.6 Å². The molecule has 2 rings (SSSR count). The van der Waals surface area contributed by atoms with E-state index in [4.69, 9.17) is 0 Å². The van der Waals surface area contributed by atoms with Gasteiger partial charge in [0, 0.05) is 30.9 Å². The topological polar surface area (TPSA) is 37.0 Å². The van der Waals surface area contributed by atoms with Crippen molar-refractivity contribution >= 4 is 12.8 Å². The summed E-state index contributed by atoms with van der Waals surface area (Å²) in [5, 5.41) is 3.34. The predicted octanol–water partition coefficient (Wildman–Crippen LogP) is 4.07. The van der Waals surface area contributed by atoms with E-state index in [0.29, 0.717) is 12.1 Å². The van der Waals surface area contributed by atoms with Gasteiger partial charge in [-0.3, -0.25) is 9.71 Å². The quantitative estimate of drug-likeness (QED) is 0.656. The molecule has 0 aliphatic carbocycles. The van der Waals surface area contributed by atoms with Gasteiger partial charge in [0.25, 0.3) is 0 Å². The van der Waals surface area contributed by atoms with Crippen LogP contribution in [0.4, 0.5) is 13.2 Å². The molecule has 0 fully saturated rings. The molecular weight excluding hydrogens is 335 g/mol. The number of nitrogens with one attached hydrogen (secondary N) is 2. The van der Waals surface area contributed by atoms with Crippen molar-refractivity contribution in [1.82, 2.24) is 15.0 Å². The Morgan fingerprint density at radius 3 is 2.54 bits per heavy atom. The van der Waals surface area contributed by atoms with Gasteiger partial charge >= 0.3 is 6.18 Å². The zero-order valence-electron chi connectivity index (χ0n) is 13.3. The van der Waals surface area contributed by atoms with Crippen LogP contribution in [0.25, 0.3) is 11.1 Å². The largest absolute Gasteiger partial charge is 0.433 e. The van der Waals surface area contributed by atoms with Gasteiger partial charge in [-0.1, -0.05) is 44.0 Å². The molecule has 0 amide bonds. The van der Waals surface area contributed by atoms with Crippen LogP contribution >= 0.6 is 12.8 Å². The van der Waals surface area contributed by atoms with Crippen molar-refractivity contribution in [3.05, 3.63) is 53.9 Å². The van der Waals surface area contributed by atoms with Gasteiger partial charge < -0.3 is 5.32 Å². The van der Waals surface area contributed by atoms with Crippen LogP contribution in [0, 0.1) is 0 Å². The van der Waals surface area contributed by atoms with Crippen molar-refractivity contribution in [1.29, 1.82) is 0 Å². The summed E-state index contributed by atoms with van der Waals surface area (Å²) in [7, 11) is 0. The van der Waals surface area contributed by atoms with Crippen LogP contribution in [0.2, 0.25) is 0 Å². The third-order valence-corrected chi connectivity index (χ3v) is 4.07. The average molecular weight is 355 g/mol. The molecule has 2 aromatic rings. The molecule has 1 atom stereocenters. The number of hydrogen-bond donors (Lipinski definition) is 3. The molecule has 3 nitrogen and oxygen atoms in total. The summed E-state index contributed by atoms with van der Waals surface area (Å²) in [5.74, 6) is 0. The number of alkyl halides is 3. The Bertz CT molecular complexity index is 640. The first kappa shape index (κ1) is 18.8. The first-order valence-corrected chi connectivity index (χ1v) is 8.11. The Balaban J connectivity index is 2.04. The fraction of sp³-hybridized carbons (Fsp3) is 0.353. The smallest absolute Gasteiger partial charge is 0.311 e. The Labute approximate surface area is 145 Å². The number of halogens is 3. The molecule has 1 heterocycles. The summed E-state index contributed by atoms with van der Waals surface area (Å²) < 4.78 is 40.6. The van der Waals surface area contributed by atoms with Gasteiger partial charge in [0.2, 0.25) is 0 Å². The summed E-state index contributed by atoms with van der Waals surface area (Å²) in [6.07, 6.45) is -2.19. The molecule has 1 aromatic carbocycles. The number of benzene rings is 1. The molecule has 0 radical (unpaired) electrons. The third kappa shape index (κ3) is 5.22. The minimum Gasteiger partial charge on any atom is -0.311 e. The summed E-state index contributed by atoms with van der Waals surface area (Å²) in [5.41, 5.74) is 1.68. The molecule has 0 aliphatic heterocycles. The lowest BCUT2D eigenvalue weighted by Gasteiger charge is -2.14. The van der Waals surface area contributed by atoms with Crippen molar-refractivity contribution in [3.8, 4) is 11.1 Å². The number of thiol groups is 1. The lowest BCUT2D eigenvalue weighted by Crippen LogP contribution is -2.33. The Hall–Kier alpha value is -1.57. The minimum atomic E-state index is -4.42. The molecule has 0 saturated heterocycles. The van der Waals surface area contributed by atoms with Crippen molar-refractivity contribution in [3.63, 3.8) is 0 Å². The van der Waals surface area contributed by atoms with Crippen LogP contribution < -0.4 is 10.0 Å². The third-order valence-electron chi connectivity index (χ3n) is 3.71. The first-order chi connectivity index (χ1) is 11.4. The van der Waals surface area contributed by atoms with E-state index in [-0.39, 0.29) is 6.04 Å². The second-order valence-electron chi connectivity index (χ2n) is 5.50.